The van der Waals surface area contributed by atoms with Crippen LogP contribution in [0.2, 0.25) is 0 Å². The van der Waals surface area contributed by atoms with E-state index in [1.54, 1.807) is 6.07 Å². The van der Waals surface area contributed by atoms with Crippen molar-refractivity contribution in [2.24, 2.45) is 0 Å². The molecule has 0 N–H and O–H groups in total. The van der Waals surface area contributed by atoms with Crippen LogP contribution in [0.5, 0.6) is 0 Å². The number of ether oxygens (including phenoxy) is 1. The fourth-order valence-electron chi connectivity index (χ4n) is 1.67. The van der Waals surface area contributed by atoms with Gasteiger partial charge in [0.05, 0.1) is 25.2 Å². The maximum absolute atomic E-state index is 11.2. The number of nitrogens with zero attached hydrogens (tertiary/aromatic N) is 1. The zero-order valence-corrected chi connectivity index (χ0v) is 10.7. The summed E-state index contributed by atoms with van der Waals surface area (Å²) < 4.78 is 4.60. The van der Waals surface area contributed by atoms with Crippen LogP contribution in [0.15, 0.2) is 12.1 Å². The Labute approximate surface area is 106 Å². The number of nitriles is 1. The summed E-state index contributed by atoms with van der Waals surface area (Å²) in [6.45, 7) is 2.01. The van der Waals surface area contributed by atoms with Gasteiger partial charge in [0, 0.05) is 5.88 Å². The Morgan fingerprint density at radius 1 is 1.41 bits per heavy atom. The lowest BCUT2D eigenvalue weighted by atomic mass is 9.96. The van der Waals surface area contributed by atoms with Gasteiger partial charge in [-0.25, -0.2) is 0 Å². The van der Waals surface area contributed by atoms with Crippen molar-refractivity contribution >= 4 is 17.6 Å². The molecule has 0 saturated carbocycles. The van der Waals surface area contributed by atoms with Crippen LogP contribution in [0.4, 0.5) is 0 Å². The van der Waals surface area contributed by atoms with Gasteiger partial charge in [0.2, 0.25) is 0 Å². The van der Waals surface area contributed by atoms with E-state index < -0.39 is 0 Å². The summed E-state index contributed by atoms with van der Waals surface area (Å²) in [5.74, 6) is 0.0227. The summed E-state index contributed by atoms with van der Waals surface area (Å²) in [4.78, 5) is 11.2. The number of halogens is 1. The van der Waals surface area contributed by atoms with Gasteiger partial charge in [0.1, 0.15) is 0 Å². The molecule has 0 aliphatic rings. The summed E-state index contributed by atoms with van der Waals surface area (Å²) in [7, 11) is 1.33. The lowest BCUT2D eigenvalue weighted by Crippen LogP contribution is -2.07. The molecule has 0 aliphatic carbocycles. The van der Waals surface area contributed by atoms with E-state index in [-0.39, 0.29) is 12.4 Å². The van der Waals surface area contributed by atoms with Gasteiger partial charge >= 0.3 is 5.97 Å². The molecular weight excluding hydrogens is 238 g/mol. The first-order valence-electron chi connectivity index (χ1n) is 5.33. The first-order valence-corrected chi connectivity index (χ1v) is 5.87. The topological polar surface area (TPSA) is 50.1 Å². The zero-order chi connectivity index (χ0) is 12.8. The molecule has 0 aromatic heterocycles. The predicted octanol–water partition coefficient (Wildman–Crippen LogP) is 2.57. The molecule has 0 spiro atoms. The molecule has 1 aromatic carbocycles. The van der Waals surface area contributed by atoms with E-state index in [0.29, 0.717) is 17.0 Å². The minimum Gasteiger partial charge on any atom is -0.469 e. The second-order valence-corrected chi connectivity index (χ2v) is 3.90. The fraction of sp³-hybridized carbons (Fsp3) is 0.385. The summed E-state index contributed by atoms with van der Waals surface area (Å²) >= 11 is 5.85. The molecule has 0 atom stereocenters. The second-order valence-electron chi connectivity index (χ2n) is 3.63. The van der Waals surface area contributed by atoms with Crippen LogP contribution in [-0.2, 0) is 28.3 Å². The Bertz CT molecular complexity index is 463. The second kappa shape index (κ2) is 6.27. The summed E-state index contributed by atoms with van der Waals surface area (Å²) in [6, 6.07) is 5.72. The monoisotopic (exact) mass is 251 g/mol. The zero-order valence-electron chi connectivity index (χ0n) is 9.92. The molecule has 3 nitrogen and oxygen atoms in total. The van der Waals surface area contributed by atoms with Crippen LogP contribution in [0.3, 0.4) is 0 Å². The maximum atomic E-state index is 11.2. The van der Waals surface area contributed by atoms with E-state index >= 15 is 0 Å². The SMILES string of the molecule is CCc1cc(C#N)c(CC(=O)OC)cc1CCl. The van der Waals surface area contributed by atoms with Gasteiger partial charge < -0.3 is 4.74 Å². The predicted molar refractivity (Wildman–Crippen MR) is 65.8 cm³/mol. The van der Waals surface area contributed by atoms with Crippen molar-refractivity contribution in [2.75, 3.05) is 7.11 Å². The molecule has 0 aliphatic heterocycles. The molecular formula is C13H14ClNO2. The van der Waals surface area contributed by atoms with Crippen LogP contribution in [0, 0.1) is 11.3 Å². The average Bonchev–Trinajstić information content (AvgIpc) is 2.37. The number of hydrogen-bond donors (Lipinski definition) is 0. The highest BCUT2D eigenvalue weighted by molar-refractivity contribution is 6.17. The lowest BCUT2D eigenvalue weighted by Gasteiger charge is -2.10. The van der Waals surface area contributed by atoms with Crippen molar-refractivity contribution in [2.45, 2.75) is 25.6 Å². The van der Waals surface area contributed by atoms with E-state index in [0.717, 1.165) is 17.5 Å². The minimum absolute atomic E-state index is 0.104. The van der Waals surface area contributed by atoms with Gasteiger partial charge in [0.15, 0.2) is 0 Å². The number of aryl methyl sites for hydroxylation is 1. The van der Waals surface area contributed by atoms with Gasteiger partial charge in [-0.3, -0.25) is 4.79 Å². The van der Waals surface area contributed by atoms with Gasteiger partial charge in [-0.15, -0.1) is 11.6 Å². The number of benzene rings is 1. The van der Waals surface area contributed by atoms with Crippen molar-refractivity contribution in [1.29, 1.82) is 5.26 Å². The molecule has 0 saturated heterocycles. The molecule has 0 bridgehead atoms. The minimum atomic E-state index is -0.355. The standard InChI is InChI=1S/C13H14ClNO2/c1-3-9-4-12(8-15)10(5-11(9)7-14)6-13(16)17-2/h4-5H,3,6-7H2,1-2H3. The molecule has 1 aromatic rings. The molecule has 0 fully saturated rings. The first-order chi connectivity index (χ1) is 8.15. The molecule has 90 valence electrons. The summed E-state index contributed by atoms with van der Waals surface area (Å²) in [5.41, 5.74) is 3.20. The van der Waals surface area contributed by atoms with Crippen LogP contribution in [0.25, 0.3) is 0 Å². The average molecular weight is 252 g/mol. The summed E-state index contributed by atoms with van der Waals surface area (Å²) in [6.07, 6.45) is 0.919. The molecule has 0 unspecified atom stereocenters. The molecule has 4 heteroatoms. The molecule has 1 rings (SSSR count). The van der Waals surface area contributed by atoms with Crippen LogP contribution in [-0.4, -0.2) is 13.1 Å². The van der Waals surface area contributed by atoms with Crippen LogP contribution in [0.1, 0.15) is 29.2 Å². The van der Waals surface area contributed by atoms with E-state index in [1.807, 2.05) is 13.0 Å². The van der Waals surface area contributed by atoms with E-state index in [4.69, 9.17) is 16.9 Å². The Hall–Kier alpha value is -1.53. The third kappa shape index (κ3) is 3.21. The highest BCUT2D eigenvalue weighted by Crippen LogP contribution is 2.20. The van der Waals surface area contributed by atoms with Gasteiger partial charge in [-0.05, 0) is 29.2 Å². The number of rotatable bonds is 4. The maximum Gasteiger partial charge on any atom is 0.310 e. The largest absolute Gasteiger partial charge is 0.469 e. The third-order valence-corrected chi connectivity index (χ3v) is 2.92. The highest BCUT2D eigenvalue weighted by atomic mass is 35.5. The van der Waals surface area contributed by atoms with E-state index in [2.05, 4.69) is 10.8 Å². The number of esters is 1. The third-order valence-electron chi connectivity index (χ3n) is 2.63. The van der Waals surface area contributed by atoms with Gasteiger partial charge in [-0.2, -0.15) is 5.26 Å². The Kier molecular flexibility index (Phi) is 4.99. The smallest absolute Gasteiger partial charge is 0.310 e. The van der Waals surface area contributed by atoms with Crippen molar-refractivity contribution in [1.82, 2.24) is 0 Å². The number of alkyl halides is 1. The van der Waals surface area contributed by atoms with Crippen molar-refractivity contribution in [3.63, 3.8) is 0 Å². The molecule has 0 heterocycles. The van der Waals surface area contributed by atoms with Crippen molar-refractivity contribution in [3.05, 3.63) is 34.4 Å². The number of methoxy groups -OCH3 is 1. The Morgan fingerprint density at radius 2 is 2.12 bits per heavy atom. The highest BCUT2D eigenvalue weighted by Gasteiger charge is 2.12. The van der Waals surface area contributed by atoms with Crippen LogP contribution >= 0.6 is 11.6 Å². The van der Waals surface area contributed by atoms with Gasteiger partial charge in [-0.1, -0.05) is 13.0 Å². The van der Waals surface area contributed by atoms with E-state index in [9.17, 15) is 4.79 Å². The van der Waals surface area contributed by atoms with E-state index in [1.165, 1.54) is 7.11 Å². The normalized spacial score (nSPS) is 9.76. The van der Waals surface area contributed by atoms with Crippen LogP contribution < -0.4 is 0 Å². The number of carbonyl (C=O) groups excluding carboxylic acids is 1. The lowest BCUT2D eigenvalue weighted by molar-refractivity contribution is -0.139. The quantitative estimate of drug-likeness (QED) is 0.610. The molecule has 0 amide bonds. The van der Waals surface area contributed by atoms with Crippen molar-refractivity contribution < 1.29 is 9.53 Å². The summed E-state index contributed by atoms with van der Waals surface area (Å²) in [5, 5.41) is 9.05. The number of carbonyl (C=O) groups is 1. The fourth-order valence-corrected chi connectivity index (χ4v) is 1.92. The molecule has 0 radical (unpaired) electrons. The Balaban J connectivity index is 3.20. The molecule has 17 heavy (non-hydrogen) atoms. The van der Waals surface area contributed by atoms with Crippen molar-refractivity contribution in [3.8, 4) is 6.07 Å². The Morgan fingerprint density at radius 3 is 2.59 bits per heavy atom. The van der Waals surface area contributed by atoms with Gasteiger partial charge in [0.25, 0.3) is 0 Å². The number of hydrogen-bond acceptors (Lipinski definition) is 3. The first kappa shape index (κ1) is 13.5.